The number of hydrazone groups is 1. The number of amides is 1. The zero-order valence-electron chi connectivity index (χ0n) is 6.74. The SMILES string of the molecule is CC(O)C1=NN(C)C(=O)CC1. The fraction of sp³-hybridized carbons (Fsp3) is 0.714. The molecule has 1 aliphatic heterocycles. The predicted molar refractivity (Wildman–Crippen MR) is 41.1 cm³/mol. The highest BCUT2D eigenvalue weighted by Gasteiger charge is 2.19. The van der Waals surface area contributed by atoms with E-state index in [-0.39, 0.29) is 5.91 Å². The molecule has 0 spiro atoms. The molecular formula is C7H12N2O2. The zero-order valence-corrected chi connectivity index (χ0v) is 6.74. The van der Waals surface area contributed by atoms with Gasteiger partial charge >= 0.3 is 0 Å². The van der Waals surface area contributed by atoms with Crippen molar-refractivity contribution in [2.75, 3.05) is 7.05 Å². The van der Waals surface area contributed by atoms with Crippen molar-refractivity contribution in [2.45, 2.75) is 25.9 Å². The number of hydrogen-bond donors (Lipinski definition) is 1. The lowest BCUT2D eigenvalue weighted by molar-refractivity contribution is -0.130. The number of hydrogen-bond acceptors (Lipinski definition) is 3. The Hall–Kier alpha value is -0.900. The van der Waals surface area contributed by atoms with E-state index in [2.05, 4.69) is 5.10 Å². The Morgan fingerprint density at radius 2 is 2.27 bits per heavy atom. The third-order valence-electron chi connectivity index (χ3n) is 1.72. The highest BCUT2D eigenvalue weighted by atomic mass is 16.3. The van der Waals surface area contributed by atoms with Crippen molar-refractivity contribution in [3.63, 3.8) is 0 Å². The first kappa shape index (κ1) is 8.20. The summed E-state index contributed by atoms with van der Waals surface area (Å²) in [6.45, 7) is 1.66. The molecule has 1 N–H and O–H groups in total. The van der Waals surface area contributed by atoms with Crippen LogP contribution in [-0.2, 0) is 4.79 Å². The van der Waals surface area contributed by atoms with Crippen LogP contribution in [0.5, 0.6) is 0 Å². The van der Waals surface area contributed by atoms with Gasteiger partial charge in [-0.05, 0) is 13.3 Å². The molecule has 1 heterocycles. The standard InChI is InChI=1S/C7H12N2O2/c1-5(10)6-3-4-7(11)9(2)8-6/h5,10H,3-4H2,1-2H3. The van der Waals surface area contributed by atoms with E-state index in [0.29, 0.717) is 18.6 Å². The molecule has 0 saturated heterocycles. The monoisotopic (exact) mass is 156 g/mol. The second-order valence-electron chi connectivity index (χ2n) is 2.68. The minimum Gasteiger partial charge on any atom is -0.387 e. The van der Waals surface area contributed by atoms with E-state index in [9.17, 15) is 4.79 Å². The maximum atomic E-state index is 10.9. The lowest BCUT2D eigenvalue weighted by atomic mass is 10.1. The number of carbonyl (C=O) groups excluding carboxylic acids is 1. The maximum Gasteiger partial charge on any atom is 0.242 e. The van der Waals surface area contributed by atoms with Gasteiger partial charge in [0, 0.05) is 13.5 Å². The van der Waals surface area contributed by atoms with Crippen molar-refractivity contribution in [3.05, 3.63) is 0 Å². The molecule has 1 atom stereocenters. The first-order valence-corrected chi connectivity index (χ1v) is 3.63. The van der Waals surface area contributed by atoms with Crippen LogP contribution in [0.15, 0.2) is 5.10 Å². The maximum absolute atomic E-state index is 10.9. The zero-order chi connectivity index (χ0) is 8.43. The normalized spacial score (nSPS) is 21.5. The number of carbonyl (C=O) groups is 1. The molecule has 62 valence electrons. The molecule has 1 unspecified atom stereocenters. The minimum atomic E-state index is -0.537. The van der Waals surface area contributed by atoms with Crippen LogP contribution in [0, 0.1) is 0 Å². The molecule has 0 aromatic rings. The Bertz CT molecular complexity index is 199. The molecule has 1 amide bonds. The summed E-state index contributed by atoms with van der Waals surface area (Å²) in [5.41, 5.74) is 0.687. The van der Waals surface area contributed by atoms with Crippen molar-refractivity contribution in [2.24, 2.45) is 5.10 Å². The summed E-state index contributed by atoms with van der Waals surface area (Å²) in [5.74, 6) is 0.00870. The molecule has 0 fully saturated rings. The largest absolute Gasteiger partial charge is 0.387 e. The second kappa shape index (κ2) is 3.00. The van der Waals surface area contributed by atoms with Crippen LogP contribution in [-0.4, -0.2) is 34.9 Å². The van der Waals surface area contributed by atoms with Crippen molar-refractivity contribution in [1.82, 2.24) is 5.01 Å². The van der Waals surface area contributed by atoms with Crippen LogP contribution in [0.3, 0.4) is 0 Å². The van der Waals surface area contributed by atoms with E-state index in [4.69, 9.17) is 5.11 Å². The van der Waals surface area contributed by atoms with Gasteiger partial charge in [-0.15, -0.1) is 0 Å². The van der Waals surface area contributed by atoms with Crippen LogP contribution in [0.2, 0.25) is 0 Å². The third-order valence-corrected chi connectivity index (χ3v) is 1.72. The number of rotatable bonds is 1. The average Bonchev–Trinajstić information content (AvgIpc) is 1.94. The Morgan fingerprint density at radius 3 is 2.73 bits per heavy atom. The number of nitrogens with zero attached hydrogens (tertiary/aromatic N) is 2. The molecule has 4 heteroatoms. The van der Waals surface area contributed by atoms with E-state index < -0.39 is 6.10 Å². The first-order chi connectivity index (χ1) is 5.11. The van der Waals surface area contributed by atoms with E-state index in [1.807, 2.05) is 0 Å². The van der Waals surface area contributed by atoms with Gasteiger partial charge in [-0.1, -0.05) is 0 Å². The molecule has 11 heavy (non-hydrogen) atoms. The van der Waals surface area contributed by atoms with Gasteiger partial charge in [-0.25, -0.2) is 5.01 Å². The lowest BCUT2D eigenvalue weighted by Gasteiger charge is -2.20. The molecule has 0 radical (unpaired) electrons. The average molecular weight is 156 g/mol. The lowest BCUT2D eigenvalue weighted by Crippen LogP contribution is -2.32. The van der Waals surface area contributed by atoms with E-state index in [1.54, 1.807) is 14.0 Å². The smallest absolute Gasteiger partial charge is 0.242 e. The van der Waals surface area contributed by atoms with Crippen LogP contribution in [0.1, 0.15) is 19.8 Å². The fourth-order valence-corrected chi connectivity index (χ4v) is 0.988. The van der Waals surface area contributed by atoms with Crippen molar-refractivity contribution < 1.29 is 9.90 Å². The van der Waals surface area contributed by atoms with Gasteiger partial charge in [0.2, 0.25) is 5.91 Å². The van der Waals surface area contributed by atoms with E-state index in [1.165, 1.54) is 5.01 Å². The summed E-state index contributed by atoms with van der Waals surface area (Å²) in [4.78, 5) is 10.9. The summed E-state index contributed by atoms with van der Waals surface area (Å²) in [6, 6.07) is 0. The van der Waals surface area contributed by atoms with Crippen LogP contribution in [0.25, 0.3) is 0 Å². The van der Waals surface area contributed by atoms with E-state index in [0.717, 1.165) is 0 Å². The quantitative estimate of drug-likeness (QED) is 0.580. The third kappa shape index (κ3) is 1.77. The van der Waals surface area contributed by atoms with Gasteiger partial charge < -0.3 is 5.11 Å². The minimum absolute atomic E-state index is 0.00870. The summed E-state index contributed by atoms with van der Waals surface area (Å²) in [6.07, 6.45) is 0.506. The van der Waals surface area contributed by atoms with Crippen LogP contribution >= 0.6 is 0 Å². The Kier molecular flexibility index (Phi) is 2.24. The Labute approximate surface area is 65.5 Å². The van der Waals surface area contributed by atoms with Crippen LogP contribution < -0.4 is 0 Å². The molecular weight excluding hydrogens is 144 g/mol. The molecule has 1 aliphatic rings. The predicted octanol–water partition coefficient (Wildman–Crippen LogP) is -0.0246. The Balaban J connectivity index is 2.71. The topological polar surface area (TPSA) is 52.9 Å². The highest BCUT2D eigenvalue weighted by Crippen LogP contribution is 2.08. The highest BCUT2D eigenvalue weighted by molar-refractivity contribution is 5.94. The molecule has 1 rings (SSSR count). The molecule has 0 aliphatic carbocycles. The van der Waals surface area contributed by atoms with Crippen molar-refractivity contribution >= 4 is 11.6 Å². The number of aliphatic hydroxyl groups excluding tert-OH is 1. The number of aliphatic hydroxyl groups is 1. The molecule has 4 nitrogen and oxygen atoms in total. The summed E-state index contributed by atoms with van der Waals surface area (Å²) in [7, 11) is 1.60. The summed E-state index contributed by atoms with van der Waals surface area (Å²) in [5, 5.41) is 14.3. The second-order valence-corrected chi connectivity index (χ2v) is 2.68. The molecule has 0 saturated carbocycles. The summed E-state index contributed by atoms with van der Waals surface area (Å²) >= 11 is 0. The van der Waals surface area contributed by atoms with Gasteiger partial charge in [0.1, 0.15) is 0 Å². The van der Waals surface area contributed by atoms with Gasteiger partial charge in [-0.3, -0.25) is 4.79 Å². The van der Waals surface area contributed by atoms with Crippen molar-refractivity contribution in [3.8, 4) is 0 Å². The van der Waals surface area contributed by atoms with Gasteiger partial charge in [0.05, 0.1) is 11.8 Å². The fourth-order valence-electron chi connectivity index (χ4n) is 0.988. The van der Waals surface area contributed by atoms with Gasteiger partial charge in [-0.2, -0.15) is 5.10 Å². The van der Waals surface area contributed by atoms with E-state index >= 15 is 0 Å². The summed E-state index contributed by atoms with van der Waals surface area (Å²) < 4.78 is 0. The Morgan fingerprint density at radius 1 is 1.64 bits per heavy atom. The van der Waals surface area contributed by atoms with Gasteiger partial charge in [0.15, 0.2) is 0 Å². The van der Waals surface area contributed by atoms with Crippen LogP contribution in [0.4, 0.5) is 0 Å². The molecule has 0 aromatic carbocycles. The molecule has 0 aromatic heterocycles. The van der Waals surface area contributed by atoms with Crippen molar-refractivity contribution in [1.29, 1.82) is 0 Å². The molecule has 0 bridgehead atoms. The first-order valence-electron chi connectivity index (χ1n) is 3.63. The van der Waals surface area contributed by atoms with Gasteiger partial charge in [0.25, 0.3) is 0 Å².